The molecule has 0 fully saturated rings. The summed E-state index contributed by atoms with van der Waals surface area (Å²) in [6.07, 6.45) is 3.73. The van der Waals surface area contributed by atoms with Gasteiger partial charge in [-0.05, 0) is 34.9 Å². The van der Waals surface area contributed by atoms with Crippen molar-refractivity contribution < 1.29 is 14.0 Å². The van der Waals surface area contributed by atoms with Crippen molar-refractivity contribution in [1.29, 1.82) is 0 Å². The van der Waals surface area contributed by atoms with Crippen molar-refractivity contribution >= 4 is 11.8 Å². The van der Waals surface area contributed by atoms with Crippen molar-refractivity contribution in [1.82, 2.24) is 15.2 Å². The lowest BCUT2D eigenvalue weighted by atomic mass is 10.0. The van der Waals surface area contributed by atoms with Crippen LogP contribution in [0.25, 0.3) is 0 Å². The van der Waals surface area contributed by atoms with Crippen LogP contribution in [0.2, 0.25) is 0 Å². The number of nitrogens with one attached hydrogen (secondary N) is 1. The fourth-order valence-electron chi connectivity index (χ4n) is 3.22. The van der Waals surface area contributed by atoms with Crippen LogP contribution in [0.1, 0.15) is 23.6 Å². The zero-order valence-electron chi connectivity index (χ0n) is 16.8. The van der Waals surface area contributed by atoms with Crippen LogP contribution in [-0.4, -0.2) is 27.7 Å². The normalized spacial score (nSPS) is 11.5. The van der Waals surface area contributed by atoms with Gasteiger partial charge in [0.25, 0.3) is 0 Å². The lowest BCUT2D eigenvalue weighted by Crippen LogP contribution is -2.49. The monoisotopic (exact) mass is 405 g/mol. The highest BCUT2D eigenvalue weighted by Crippen LogP contribution is 2.15. The van der Waals surface area contributed by atoms with E-state index >= 15 is 0 Å². The van der Waals surface area contributed by atoms with Crippen molar-refractivity contribution in [2.45, 2.75) is 32.5 Å². The van der Waals surface area contributed by atoms with Gasteiger partial charge in [0, 0.05) is 38.8 Å². The Morgan fingerprint density at radius 3 is 2.30 bits per heavy atom. The second kappa shape index (κ2) is 10.3. The quantitative estimate of drug-likeness (QED) is 0.624. The second-order valence-electron chi connectivity index (χ2n) is 7.06. The Labute approximate surface area is 175 Å². The van der Waals surface area contributed by atoms with Gasteiger partial charge in [-0.2, -0.15) is 0 Å². The molecule has 2 amide bonds. The molecular weight excluding hydrogens is 381 g/mol. The summed E-state index contributed by atoms with van der Waals surface area (Å²) in [7, 11) is 0. The van der Waals surface area contributed by atoms with Gasteiger partial charge in [0.15, 0.2) is 0 Å². The molecule has 0 spiro atoms. The average molecular weight is 405 g/mol. The van der Waals surface area contributed by atoms with Crippen LogP contribution < -0.4 is 5.32 Å². The van der Waals surface area contributed by atoms with E-state index in [-0.39, 0.29) is 24.2 Å². The lowest BCUT2D eigenvalue weighted by Gasteiger charge is -2.30. The summed E-state index contributed by atoms with van der Waals surface area (Å²) in [5.41, 5.74) is 2.58. The molecule has 0 aliphatic carbocycles. The largest absolute Gasteiger partial charge is 0.350 e. The van der Waals surface area contributed by atoms with Gasteiger partial charge >= 0.3 is 0 Å². The maximum Gasteiger partial charge on any atom is 0.243 e. The Morgan fingerprint density at radius 1 is 0.967 bits per heavy atom. The fraction of sp³-hybridized carbons (Fsp3) is 0.208. The molecular formula is C24H24FN3O2. The first kappa shape index (κ1) is 21.2. The van der Waals surface area contributed by atoms with Crippen LogP contribution >= 0.6 is 0 Å². The summed E-state index contributed by atoms with van der Waals surface area (Å²) in [4.78, 5) is 31.2. The third-order valence-electron chi connectivity index (χ3n) is 4.81. The van der Waals surface area contributed by atoms with E-state index < -0.39 is 6.04 Å². The van der Waals surface area contributed by atoms with Gasteiger partial charge in [0.05, 0.1) is 0 Å². The van der Waals surface area contributed by atoms with E-state index in [1.54, 1.807) is 30.6 Å². The van der Waals surface area contributed by atoms with E-state index in [1.807, 2.05) is 36.4 Å². The van der Waals surface area contributed by atoms with E-state index in [2.05, 4.69) is 10.3 Å². The van der Waals surface area contributed by atoms with Crippen molar-refractivity contribution in [3.05, 3.63) is 102 Å². The molecule has 1 N–H and O–H groups in total. The van der Waals surface area contributed by atoms with Crippen molar-refractivity contribution in [2.24, 2.45) is 0 Å². The number of aromatic nitrogens is 1. The zero-order valence-corrected chi connectivity index (χ0v) is 16.8. The molecule has 0 radical (unpaired) electrons. The first-order valence-corrected chi connectivity index (χ1v) is 9.75. The standard InChI is InChI=1S/C24H24FN3O2/c1-18(29)28(17-20-9-11-22(25)12-10-20)23(14-19-6-3-2-4-7-19)24(30)27-16-21-8-5-13-26-15-21/h2-13,15,23H,14,16-17H2,1H3,(H,27,30)/t23-/m0/s1. The molecule has 2 aromatic carbocycles. The van der Waals surface area contributed by atoms with Crippen LogP contribution in [0, 0.1) is 5.82 Å². The summed E-state index contributed by atoms with van der Waals surface area (Å²) in [6, 6.07) is 18.5. The number of rotatable bonds is 8. The van der Waals surface area contributed by atoms with E-state index in [9.17, 15) is 14.0 Å². The molecule has 0 saturated carbocycles. The molecule has 0 unspecified atom stereocenters. The maximum atomic E-state index is 13.3. The van der Waals surface area contributed by atoms with E-state index in [0.29, 0.717) is 13.0 Å². The molecule has 0 bridgehead atoms. The Bertz CT molecular complexity index is 963. The maximum absolute atomic E-state index is 13.3. The molecule has 0 aliphatic heterocycles. The van der Waals surface area contributed by atoms with Crippen LogP contribution in [0.4, 0.5) is 4.39 Å². The van der Waals surface area contributed by atoms with Crippen molar-refractivity contribution in [3.8, 4) is 0 Å². The van der Waals surface area contributed by atoms with Crippen LogP contribution in [0.5, 0.6) is 0 Å². The number of hydrogen-bond acceptors (Lipinski definition) is 3. The fourth-order valence-corrected chi connectivity index (χ4v) is 3.22. The number of pyridine rings is 1. The van der Waals surface area contributed by atoms with Crippen molar-refractivity contribution in [3.63, 3.8) is 0 Å². The second-order valence-corrected chi connectivity index (χ2v) is 7.06. The summed E-state index contributed by atoms with van der Waals surface area (Å²) in [6.45, 7) is 1.98. The predicted molar refractivity (Wildman–Crippen MR) is 113 cm³/mol. The number of carbonyl (C=O) groups is 2. The van der Waals surface area contributed by atoms with Crippen LogP contribution in [-0.2, 0) is 29.1 Å². The van der Waals surface area contributed by atoms with E-state index in [4.69, 9.17) is 0 Å². The molecule has 1 heterocycles. The molecule has 30 heavy (non-hydrogen) atoms. The molecule has 0 aliphatic rings. The smallest absolute Gasteiger partial charge is 0.243 e. The summed E-state index contributed by atoms with van der Waals surface area (Å²) < 4.78 is 13.3. The predicted octanol–water partition coefficient (Wildman–Crippen LogP) is 3.50. The minimum atomic E-state index is -0.702. The average Bonchev–Trinajstić information content (AvgIpc) is 2.77. The Balaban J connectivity index is 1.82. The SMILES string of the molecule is CC(=O)N(Cc1ccc(F)cc1)[C@@H](Cc1ccccc1)C(=O)NCc1cccnc1. The Kier molecular flexibility index (Phi) is 7.27. The minimum Gasteiger partial charge on any atom is -0.350 e. The number of hydrogen-bond donors (Lipinski definition) is 1. The number of halogens is 1. The van der Waals surface area contributed by atoms with Crippen molar-refractivity contribution in [2.75, 3.05) is 0 Å². The van der Waals surface area contributed by atoms with E-state index in [1.165, 1.54) is 24.0 Å². The summed E-state index contributed by atoms with van der Waals surface area (Å²) in [5, 5.41) is 2.92. The van der Waals surface area contributed by atoms with Gasteiger partial charge < -0.3 is 10.2 Å². The highest BCUT2D eigenvalue weighted by Gasteiger charge is 2.28. The van der Waals surface area contributed by atoms with Crippen LogP contribution in [0.3, 0.4) is 0 Å². The lowest BCUT2D eigenvalue weighted by molar-refractivity contribution is -0.139. The minimum absolute atomic E-state index is 0.216. The third-order valence-corrected chi connectivity index (χ3v) is 4.81. The molecule has 1 aromatic heterocycles. The van der Waals surface area contributed by atoms with E-state index in [0.717, 1.165) is 16.7 Å². The zero-order chi connectivity index (χ0) is 21.3. The Morgan fingerprint density at radius 2 is 1.67 bits per heavy atom. The summed E-state index contributed by atoms with van der Waals surface area (Å²) in [5.74, 6) is -0.819. The first-order valence-electron chi connectivity index (χ1n) is 9.75. The number of carbonyl (C=O) groups excluding carboxylic acids is 2. The molecule has 1 atom stereocenters. The molecule has 3 rings (SSSR count). The van der Waals surface area contributed by atoms with Crippen LogP contribution in [0.15, 0.2) is 79.1 Å². The van der Waals surface area contributed by atoms with Gasteiger partial charge in [-0.3, -0.25) is 14.6 Å². The number of benzene rings is 2. The molecule has 6 heteroatoms. The molecule has 5 nitrogen and oxygen atoms in total. The Hall–Kier alpha value is -3.54. The number of amides is 2. The molecule has 0 saturated heterocycles. The number of nitrogens with zero attached hydrogens (tertiary/aromatic N) is 2. The van der Waals surface area contributed by atoms with Gasteiger partial charge in [0.1, 0.15) is 11.9 Å². The first-order chi connectivity index (χ1) is 14.5. The summed E-state index contributed by atoms with van der Waals surface area (Å²) >= 11 is 0. The topological polar surface area (TPSA) is 62.3 Å². The van der Waals surface area contributed by atoms with Gasteiger partial charge in [0.2, 0.25) is 11.8 Å². The third kappa shape index (κ3) is 5.98. The highest BCUT2D eigenvalue weighted by atomic mass is 19.1. The van der Waals surface area contributed by atoms with Gasteiger partial charge in [-0.25, -0.2) is 4.39 Å². The molecule has 154 valence electrons. The van der Waals surface area contributed by atoms with Gasteiger partial charge in [-0.1, -0.05) is 48.5 Å². The molecule has 3 aromatic rings. The van der Waals surface area contributed by atoms with Gasteiger partial charge in [-0.15, -0.1) is 0 Å². The highest BCUT2D eigenvalue weighted by molar-refractivity contribution is 5.87.